The van der Waals surface area contributed by atoms with E-state index >= 15 is 0 Å². The van der Waals surface area contributed by atoms with Gasteiger partial charge in [0.2, 0.25) is 11.8 Å². The Morgan fingerprint density at radius 1 is 1.00 bits per heavy atom. The molecule has 0 unspecified atom stereocenters. The largest absolute Gasteiger partial charge is 0.492 e. The van der Waals surface area contributed by atoms with Crippen molar-refractivity contribution in [1.82, 2.24) is 15.5 Å². The van der Waals surface area contributed by atoms with Crippen molar-refractivity contribution in [1.29, 1.82) is 0 Å². The third-order valence-electron chi connectivity index (χ3n) is 9.41. The van der Waals surface area contributed by atoms with Crippen LogP contribution in [0.3, 0.4) is 0 Å². The summed E-state index contributed by atoms with van der Waals surface area (Å²) in [6.07, 6.45) is 9.93. The number of piperidine rings is 2. The molecule has 5 aliphatic rings. The Balaban J connectivity index is 0.000000343. The van der Waals surface area contributed by atoms with E-state index in [2.05, 4.69) is 51.9 Å². The number of nitrogens with two attached hydrogens (primary N) is 1. The van der Waals surface area contributed by atoms with Crippen LogP contribution in [0, 0.1) is 0 Å². The summed E-state index contributed by atoms with van der Waals surface area (Å²) in [5.41, 5.74) is 11.8. The molecule has 9 nitrogen and oxygen atoms in total. The van der Waals surface area contributed by atoms with Crippen LogP contribution in [-0.2, 0) is 27.0 Å². The van der Waals surface area contributed by atoms with Crippen molar-refractivity contribution in [3.05, 3.63) is 76.5 Å². The van der Waals surface area contributed by atoms with Crippen LogP contribution in [0.1, 0.15) is 72.0 Å². The van der Waals surface area contributed by atoms with E-state index in [1.165, 1.54) is 24.0 Å². The van der Waals surface area contributed by atoms with E-state index in [1.807, 2.05) is 12.3 Å². The van der Waals surface area contributed by atoms with Gasteiger partial charge in [0.05, 0.1) is 6.61 Å². The fourth-order valence-electron chi connectivity index (χ4n) is 6.61. The number of amides is 3. The van der Waals surface area contributed by atoms with Crippen LogP contribution in [0.25, 0.3) is 0 Å². The second-order valence-corrected chi connectivity index (χ2v) is 12.2. The zero-order valence-corrected chi connectivity index (χ0v) is 24.0. The maximum Gasteiger partial charge on any atom is 0.252 e. The van der Waals surface area contributed by atoms with E-state index in [-0.39, 0.29) is 28.6 Å². The van der Waals surface area contributed by atoms with E-state index in [4.69, 9.17) is 15.5 Å². The second kappa shape index (κ2) is 11.7. The van der Waals surface area contributed by atoms with Crippen molar-refractivity contribution >= 4 is 23.9 Å². The molecule has 2 saturated heterocycles. The zero-order chi connectivity index (χ0) is 29.2. The summed E-state index contributed by atoms with van der Waals surface area (Å²) >= 11 is 0. The molecule has 220 valence electrons. The molecule has 1 saturated carbocycles. The van der Waals surface area contributed by atoms with E-state index in [9.17, 15) is 14.4 Å². The molecule has 9 heteroatoms. The van der Waals surface area contributed by atoms with Crippen molar-refractivity contribution in [2.45, 2.75) is 62.3 Å². The lowest BCUT2D eigenvalue weighted by Crippen LogP contribution is -2.44. The molecule has 2 aromatic rings. The van der Waals surface area contributed by atoms with Gasteiger partial charge in [0.15, 0.2) is 0 Å². The maximum absolute atomic E-state index is 12.0. The number of fused-ring (bicyclic) bond motifs is 4. The molecule has 7 rings (SSSR count). The number of nitrogens with one attached hydrogen (secondary N) is 2. The van der Waals surface area contributed by atoms with E-state index in [0.717, 1.165) is 61.5 Å². The van der Waals surface area contributed by atoms with Crippen LogP contribution in [0.4, 0.5) is 0 Å². The van der Waals surface area contributed by atoms with Crippen molar-refractivity contribution < 1.29 is 19.1 Å². The van der Waals surface area contributed by atoms with Gasteiger partial charge in [-0.05, 0) is 68.6 Å². The molecule has 0 bridgehead atoms. The fourth-order valence-corrected chi connectivity index (χ4v) is 6.61. The third-order valence-corrected chi connectivity index (χ3v) is 9.41. The maximum atomic E-state index is 12.0. The Morgan fingerprint density at radius 3 is 2.38 bits per heavy atom. The van der Waals surface area contributed by atoms with Gasteiger partial charge >= 0.3 is 0 Å². The number of likely N-dealkylation sites (tertiary alicyclic amines) is 1. The number of hydrogen-bond donors (Lipinski definition) is 3. The van der Waals surface area contributed by atoms with Gasteiger partial charge in [0.25, 0.3) is 5.91 Å². The molecule has 3 fully saturated rings. The van der Waals surface area contributed by atoms with Gasteiger partial charge in [-0.3, -0.25) is 29.6 Å². The number of carbonyl (C=O) groups excluding carboxylic acids is 3. The summed E-state index contributed by atoms with van der Waals surface area (Å²) in [6, 6.07) is 14.9. The second-order valence-electron chi connectivity index (χ2n) is 12.2. The Morgan fingerprint density at radius 2 is 1.74 bits per heavy atom. The first-order chi connectivity index (χ1) is 20.4. The summed E-state index contributed by atoms with van der Waals surface area (Å²) in [4.78, 5) is 40.0. The lowest BCUT2D eigenvalue weighted by molar-refractivity contribution is -0.132. The summed E-state index contributed by atoms with van der Waals surface area (Å²) in [6.45, 7) is 4.93. The first-order valence-corrected chi connectivity index (χ1v) is 15.0. The third kappa shape index (κ3) is 5.70. The number of ether oxygens (including phenoxy) is 1. The van der Waals surface area contributed by atoms with Gasteiger partial charge in [-0.15, -0.1) is 0 Å². The van der Waals surface area contributed by atoms with Crippen molar-refractivity contribution in [2.24, 2.45) is 10.7 Å². The van der Waals surface area contributed by atoms with Crippen LogP contribution < -0.4 is 21.1 Å². The first-order valence-electron chi connectivity index (χ1n) is 15.0. The molecule has 2 aromatic carbocycles. The highest BCUT2D eigenvalue weighted by atomic mass is 16.5. The first kappa shape index (κ1) is 28.2. The van der Waals surface area contributed by atoms with Crippen LogP contribution in [0.2, 0.25) is 0 Å². The molecular formula is C33H39N5O4. The predicted octanol–water partition coefficient (Wildman–Crippen LogP) is 3.11. The van der Waals surface area contributed by atoms with Gasteiger partial charge in [-0.1, -0.05) is 36.4 Å². The number of aliphatic imine (C=N–C) groups is 1. The highest BCUT2D eigenvalue weighted by molar-refractivity contribution is 5.99. The number of benzene rings is 2. The van der Waals surface area contributed by atoms with Crippen molar-refractivity contribution in [2.75, 3.05) is 32.8 Å². The summed E-state index contributed by atoms with van der Waals surface area (Å²) in [7, 11) is 0. The SMILES string of the molecule is N/C=C(\C=NCC1(c2ccccc2)CC1)CN1CCC2(CC1)COc1c2ccc2c1CNC2=O.O=C1CCCC(=O)N1. The highest BCUT2D eigenvalue weighted by Gasteiger charge is 2.45. The molecular weight excluding hydrogens is 530 g/mol. The van der Waals surface area contributed by atoms with Crippen molar-refractivity contribution in [3.63, 3.8) is 0 Å². The predicted molar refractivity (Wildman–Crippen MR) is 160 cm³/mol. The zero-order valence-electron chi connectivity index (χ0n) is 24.0. The Kier molecular flexibility index (Phi) is 7.86. The van der Waals surface area contributed by atoms with E-state index in [1.54, 1.807) is 6.20 Å². The summed E-state index contributed by atoms with van der Waals surface area (Å²) in [5, 5.41) is 5.12. The van der Waals surface area contributed by atoms with Crippen LogP contribution in [0.15, 0.2) is 59.2 Å². The molecule has 3 amide bonds. The summed E-state index contributed by atoms with van der Waals surface area (Å²) < 4.78 is 6.18. The van der Waals surface area contributed by atoms with Gasteiger partial charge in [-0.25, -0.2) is 0 Å². The molecule has 4 heterocycles. The van der Waals surface area contributed by atoms with E-state index < -0.39 is 0 Å². The van der Waals surface area contributed by atoms with E-state index in [0.29, 0.717) is 32.4 Å². The lowest BCUT2D eigenvalue weighted by atomic mass is 9.74. The number of nitrogens with zero attached hydrogens (tertiary/aromatic N) is 2. The number of carbonyl (C=O) groups is 3. The molecule has 0 radical (unpaired) electrons. The summed E-state index contributed by atoms with van der Waals surface area (Å²) in [5.74, 6) is 0.685. The van der Waals surface area contributed by atoms with Gasteiger partial charge in [-0.2, -0.15) is 0 Å². The van der Waals surface area contributed by atoms with Crippen LogP contribution in [0.5, 0.6) is 5.75 Å². The Hall–Kier alpha value is -3.98. The molecule has 0 aromatic heterocycles. The standard InChI is InChI=1S/C28H32N4O2.C5H7NO2/c29-14-20(15-30-18-27(8-9-27)21-4-2-1-3-5-21)17-32-12-10-28(11-13-32)19-34-25-23-16-31-26(33)22(23)6-7-24(25)28;7-4-2-1-3-5(8)6-4/h1-7,14-15H,8-13,16-19,29H2,(H,31,33);1-3H2,(H,6,7,8)/b20-14+,30-15?;. The highest BCUT2D eigenvalue weighted by Crippen LogP contribution is 2.49. The molecule has 0 atom stereocenters. The minimum Gasteiger partial charge on any atom is -0.492 e. The minimum absolute atomic E-state index is 0.0105. The molecule has 42 heavy (non-hydrogen) atoms. The minimum atomic E-state index is -0.138. The van der Waals surface area contributed by atoms with Gasteiger partial charge < -0.3 is 15.8 Å². The Bertz CT molecular complexity index is 1410. The average Bonchev–Trinajstić information content (AvgIpc) is 3.58. The van der Waals surface area contributed by atoms with Crippen LogP contribution >= 0.6 is 0 Å². The van der Waals surface area contributed by atoms with Crippen LogP contribution in [-0.4, -0.2) is 61.6 Å². The smallest absolute Gasteiger partial charge is 0.252 e. The fraction of sp³-hybridized carbons (Fsp3) is 0.455. The van der Waals surface area contributed by atoms with Gasteiger partial charge in [0, 0.05) is 66.2 Å². The Labute approximate surface area is 246 Å². The average molecular weight is 570 g/mol. The lowest BCUT2D eigenvalue weighted by Gasteiger charge is -2.38. The number of hydrogen-bond acceptors (Lipinski definition) is 7. The number of rotatable bonds is 6. The molecule has 4 N–H and O–H groups in total. The van der Waals surface area contributed by atoms with Gasteiger partial charge in [0.1, 0.15) is 5.75 Å². The molecule has 1 aliphatic carbocycles. The molecule has 1 spiro atoms. The van der Waals surface area contributed by atoms with Crippen molar-refractivity contribution in [3.8, 4) is 5.75 Å². The molecule has 4 aliphatic heterocycles. The normalized spacial score (nSPS) is 22.1. The quantitative estimate of drug-likeness (QED) is 0.363. The topological polar surface area (TPSA) is 126 Å². The monoisotopic (exact) mass is 569 g/mol. The number of imide groups is 1.